The number of aryl methyl sites for hydroxylation is 1. The molecule has 2 unspecified atom stereocenters. The summed E-state index contributed by atoms with van der Waals surface area (Å²) in [6.07, 6.45) is 3.16. The maximum absolute atomic E-state index is 10.4. The molecular formula is C21H28INO4S. The van der Waals surface area contributed by atoms with Gasteiger partial charge in [0.25, 0.3) is 0 Å². The highest BCUT2D eigenvalue weighted by atomic mass is 127. The summed E-state index contributed by atoms with van der Waals surface area (Å²) in [5.41, 5.74) is 2.34. The van der Waals surface area contributed by atoms with Crippen LogP contribution in [-0.4, -0.2) is 55.3 Å². The van der Waals surface area contributed by atoms with Gasteiger partial charge in [-0.25, -0.2) is 8.42 Å². The molecule has 0 spiro atoms. The van der Waals surface area contributed by atoms with E-state index < -0.39 is 10.1 Å². The third-order valence-corrected chi connectivity index (χ3v) is 6.62. The third-order valence-electron chi connectivity index (χ3n) is 5.05. The Morgan fingerprint density at radius 1 is 1.14 bits per heavy atom. The second-order valence-corrected chi connectivity index (χ2v) is 10.3. The molecule has 3 rings (SSSR count). The molecule has 0 bridgehead atoms. The predicted octanol–water partition coefficient (Wildman–Crippen LogP) is 3.33. The number of aliphatic hydroxyl groups excluding tert-OH is 1. The van der Waals surface area contributed by atoms with Gasteiger partial charge in [-0.2, -0.15) is 0 Å². The number of likely N-dealkylation sites (N-methyl/N-ethyl adjacent to an activating group) is 1. The van der Waals surface area contributed by atoms with Gasteiger partial charge in [0.15, 0.2) is 0 Å². The van der Waals surface area contributed by atoms with E-state index in [4.69, 9.17) is 0 Å². The van der Waals surface area contributed by atoms with E-state index >= 15 is 0 Å². The van der Waals surface area contributed by atoms with Crippen molar-refractivity contribution in [2.75, 3.05) is 26.7 Å². The number of quaternary nitrogens is 1. The number of hydrogen-bond acceptors (Lipinski definition) is 4. The smallest absolute Gasteiger partial charge is 0.124 e. The zero-order chi connectivity index (χ0) is 20.8. The minimum absolute atomic E-state index is 0.0922. The van der Waals surface area contributed by atoms with Crippen molar-refractivity contribution < 1.29 is 22.6 Å². The summed E-state index contributed by atoms with van der Waals surface area (Å²) in [7, 11) is -2.00. The maximum atomic E-state index is 10.4. The van der Waals surface area contributed by atoms with Gasteiger partial charge in [0.05, 0.1) is 25.0 Å². The van der Waals surface area contributed by atoms with Crippen molar-refractivity contribution >= 4 is 32.7 Å². The van der Waals surface area contributed by atoms with Crippen molar-refractivity contribution in [3.63, 3.8) is 0 Å². The van der Waals surface area contributed by atoms with Gasteiger partial charge in [0.1, 0.15) is 22.8 Å². The fraction of sp³-hybridized carbons (Fsp3) is 0.429. The zero-order valence-corrected chi connectivity index (χ0v) is 19.3. The first-order chi connectivity index (χ1) is 13.1. The van der Waals surface area contributed by atoms with Crippen LogP contribution in [0.15, 0.2) is 53.4 Å². The standard InChI is InChI=1S/C14H21INO.C7H8O3S/c1-16(9-2-3-14(17)11-16)10-8-12-4-6-13(15)7-5-12;1-6-2-4-7(5-3-6)11(8,9)10/h4-7,14,17H,2-3,8-11H2,1H3;2-5H,1H3,(H,8,9,10)/q+1;/p-1. The highest BCUT2D eigenvalue weighted by Crippen LogP contribution is 2.18. The van der Waals surface area contributed by atoms with E-state index in [1.54, 1.807) is 12.1 Å². The van der Waals surface area contributed by atoms with Crippen molar-refractivity contribution in [2.24, 2.45) is 0 Å². The van der Waals surface area contributed by atoms with Crippen LogP contribution in [0.1, 0.15) is 24.0 Å². The summed E-state index contributed by atoms with van der Waals surface area (Å²) >= 11 is 2.34. The van der Waals surface area contributed by atoms with Gasteiger partial charge in [0, 0.05) is 9.99 Å². The molecule has 7 heteroatoms. The van der Waals surface area contributed by atoms with Crippen LogP contribution in [0, 0.1) is 10.5 Å². The maximum Gasteiger partial charge on any atom is 0.124 e. The Kier molecular flexibility index (Phi) is 8.44. The highest BCUT2D eigenvalue weighted by Gasteiger charge is 2.29. The number of hydrogen-bond donors (Lipinski definition) is 1. The Bertz CT molecular complexity index is 853. The summed E-state index contributed by atoms with van der Waals surface area (Å²) in [4.78, 5) is -0.178. The number of benzene rings is 2. The van der Waals surface area contributed by atoms with Gasteiger partial charge in [-0.1, -0.05) is 29.8 Å². The lowest BCUT2D eigenvalue weighted by Crippen LogP contribution is -2.53. The summed E-state index contributed by atoms with van der Waals surface area (Å²) in [6.45, 7) is 5.09. The average molecular weight is 517 g/mol. The first kappa shape index (κ1) is 23.3. The lowest BCUT2D eigenvalue weighted by Gasteiger charge is -2.40. The van der Waals surface area contributed by atoms with Gasteiger partial charge in [-0.3, -0.25) is 0 Å². The number of rotatable bonds is 4. The van der Waals surface area contributed by atoms with Crippen LogP contribution in [0.3, 0.4) is 0 Å². The van der Waals surface area contributed by atoms with E-state index in [-0.39, 0.29) is 11.0 Å². The first-order valence-corrected chi connectivity index (χ1v) is 11.8. The fourth-order valence-electron chi connectivity index (χ4n) is 3.36. The Balaban J connectivity index is 0.000000221. The second-order valence-electron chi connectivity index (χ2n) is 7.69. The molecule has 2 aromatic carbocycles. The Morgan fingerprint density at radius 3 is 2.29 bits per heavy atom. The molecule has 5 nitrogen and oxygen atoms in total. The van der Waals surface area contributed by atoms with E-state index in [2.05, 4.69) is 53.9 Å². The van der Waals surface area contributed by atoms with Crippen molar-refractivity contribution in [3.8, 4) is 0 Å². The third kappa shape index (κ3) is 7.79. The monoisotopic (exact) mass is 517 g/mol. The summed E-state index contributed by atoms with van der Waals surface area (Å²) in [5.74, 6) is 0. The second kappa shape index (κ2) is 10.2. The van der Waals surface area contributed by atoms with Crippen LogP contribution in [0.2, 0.25) is 0 Å². The van der Waals surface area contributed by atoms with E-state index in [1.807, 2.05) is 6.92 Å². The van der Waals surface area contributed by atoms with Crippen LogP contribution in [0.4, 0.5) is 0 Å². The largest absolute Gasteiger partial charge is 0.744 e. The molecule has 0 amide bonds. The van der Waals surface area contributed by atoms with E-state index in [0.29, 0.717) is 0 Å². The first-order valence-electron chi connectivity index (χ1n) is 9.36. The van der Waals surface area contributed by atoms with E-state index in [0.717, 1.165) is 42.4 Å². The number of likely N-dealkylation sites (tertiary alicyclic amines) is 1. The van der Waals surface area contributed by atoms with Crippen LogP contribution >= 0.6 is 22.6 Å². The molecule has 2 atom stereocenters. The van der Waals surface area contributed by atoms with Gasteiger partial charge in [-0.05, 0) is 72.2 Å². The Labute approximate surface area is 181 Å². The highest BCUT2D eigenvalue weighted by molar-refractivity contribution is 14.1. The molecule has 0 saturated carbocycles. The van der Waals surface area contributed by atoms with E-state index in [1.165, 1.54) is 27.8 Å². The molecule has 0 aliphatic carbocycles. The quantitative estimate of drug-likeness (QED) is 0.384. The van der Waals surface area contributed by atoms with E-state index in [9.17, 15) is 18.1 Å². The lowest BCUT2D eigenvalue weighted by molar-refractivity contribution is -0.917. The Morgan fingerprint density at radius 2 is 1.75 bits per heavy atom. The number of nitrogens with zero attached hydrogens (tertiary/aromatic N) is 1. The molecule has 1 heterocycles. The summed E-state index contributed by atoms with van der Waals surface area (Å²) < 4.78 is 33.5. The van der Waals surface area contributed by atoms with Crippen molar-refractivity contribution in [1.29, 1.82) is 0 Å². The number of aliphatic hydroxyl groups is 1. The normalized spacial score (nSPS) is 22.2. The van der Waals surface area contributed by atoms with Crippen molar-refractivity contribution in [2.45, 2.75) is 37.2 Å². The molecule has 2 aromatic rings. The molecular weight excluding hydrogens is 489 g/mol. The van der Waals surface area contributed by atoms with Crippen LogP contribution < -0.4 is 0 Å². The lowest BCUT2D eigenvalue weighted by atomic mass is 10.0. The van der Waals surface area contributed by atoms with Crippen LogP contribution in [0.5, 0.6) is 0 Å². The zero-order valence-electron chi connectivity index (χ0n) is 16.3. The average Bonchev–Trinajstić information content (AvgIpc) is 2.61. The van der Waals surface area contributed by atoms with Crippen LogP contribution in [0.25, 0.3) is 0 Å². The molecule has 1 aliphatic heterocycles. The summed E-state index contributed by atoms with van der Waals surface area (Å²) in [5, 5.41) is 9.76. The molecule has 0 aromatic heterocycles. The van der Waals surface area contributed by atoms with Crippen molar-refractivity contribution in [1.82, 2.24) is 0 Å². The SMILES string of the molecule is C[N+]1(CCc2ccc(I)cc2)CCCC(O)C1.Cc1ccc(S(=O)(=O)[O-])cc1. The van der Waals surface area contributed by atoms with Gasteiger partial charge < -0.3 is 14.1 Å². The minimum atomic E-state index is -4.27. The Hall–Kier alpha value is -1.00. The summed E-state index contributed by atoms with van der Waals surface area (Å²) in [6, 6.07) is 14.6. The number of halogens is 1. The van der Waals surface area contributed by atoms with Crippen LogP contribution in [-0.2, 0) is 16.5 Å². The van der Waals surface area contributed by atoms with Gasteiger partial charge in [-0.15, -0.1) is 0 Å². The molecule has 154 valence electrons. The van der Waals surface area contributed by atoms with Gasteiger partial charge in [0.2, 0.25) is 0 Å². The molecule has 0 radical (unpaired) electrons. The van der Waals surface area contributed by atoms with Crippen molar-refractivity contribution in [3.05, 3.63) is 63.2 Å². The topological polar surface area (TPSA) is 77.4 Å². The molecule has 1 N–H and O–H groups in total. The fourth-order valence-corrected chi connectivity index (χ4v) is 4.19. The minimum Gasteiger partial charge on any atom is -0.744 e. The molecule has 1 saturated heterocycles. The molecule has 1 aliphatic rings. The predicted molar refractivity (Wildman–Crippen MR) is 118 cm³/mol. The van der Waals surface area contributed by atoms with Gasteiger partial charge >= 0.3 is 0 Å². The molecule has 28 heavy (non-hydrogen) atoms. The number of piperidine rings is 1. The molecule has 1 fully saturated rings.